The third-order valence-electron chi connectivity index (χ3n) is 4.08. The minimum Gasteiger partial charge on any atom is -0.354 e. The fraction of sp³-hybridized carbons (Fsp3) is 0.529. The summed E-state index contributed by atoms with van der Waals surface area (Å²) in [5, 5.41) is 3.16. The third kappa shape index (κ3) is 3.72. The van der Waals surface area contributed by atoms with E-state index in [-0.39, 0.29) is 0 Å². The van der Waals surface area contributed by atoms with Crippen molar-refractivity contribution in [3.8, 4) is 0 Å². The lowest BCUT2D eigenvalue weighted by Gasteiger charge is -2.36. The van der Waals surface area contributed by atoms with Crippen molar-refractivity contribution in [3.63, 3.8) is 0 Å². The normalized spacial score (nSPS) is 15.0. The molecule has 0 radical (unpaired) electrons. The smallest absolute Gasteiger partial charge is 0.224 e. The highest BCUT2D eigenvalue weighted by atomic mass is 15.3. The number of anilines is 3. The fourth-order valence-electron chi connectivity index (χ4n) is 2.75. The minimum absolute atomic E-state index is 0.344. The zero-order valence-corrected chi connectivity index (χ0v) is 14.6. The number of nitrogens with one attached hydrogen (secondary N) is 1. The minimum atomic E-state index is 0.344. The van der Waals surface area contributed by atoms with Crippen LogP contribution in [0, 0.1) is 0 Å². The van der Waals surface area contributed by atoms with Gasteiger partial charge in [0.25, 0.3) is 0 Å². The van der Waals surface area contributed by atoms with Gasteiger partial charge in [0.1, 0.15) is 17.5 Å². The van der Waals surface area contributed by atoms with Gasteiger partial charge in [-0.3, -0.25) is 0 Å². The van der Waals surface area contributed by atoms with E-state index in [4.69, 9.17) is 4.98 Å². The van der Waals surface area contributed by atoms with Gasteiger partial charge in [0.2, 0.25) is 5.95 Å². The van der Waals surface area contributed by atoms with Gasteiger partial charge >= 0.3 is 0 Å². The van der Waals surface area contributed by atoms with Gasteiger partial charge in [-0.1, -0.05) is 13.8 Å². The third-order valence-corrected chi connectivity index (χ3v) is 4.08. The summed E-state index contributed by atoms with van der Waals surface area (Å²) in [6.45, 7) is 10.8. The Hall–Kier alpha value is -2.44. The molecule has 0 amide bonds. The predicted octanol–water partition coefficient (Wildman–Crippen LogP) is 2.15. The molecule has 0 atom stereocenters. The number of piperazine rings is 1. The molecule has 128 valence electrons. The quantitative estimate of drug-likeness (QED) is 0.902. The molecule has 7 nitrogen and oxygen atoms in total. The summed E-state index contributed by atoms with van der Waals surface area (Å²) in [4.78, 5) is 22.5. The van der Waals surface area contributed by atoms with Crippen molar-refractivity contribution in [2.24, 2.45) is 0 Å². The van der Waals surface area contributed by atoms with Crippen LogP contribution in [0.2, 0.25) is 0 Å². The van der Waals surface area contributed by atoms with Crippen LogP contribution in [0.4, 0.5) is 17.6 Å². The first kappa shape index (κ1) is 16.4. The van der Waals surface area contributed by atoms with Crippen LogP contribution < -0.4 is 15.1 Å². The van der Waals surface area contributed by atoms with E-state index in [1.165, 1.54) is 0 Å². The van der Waals surface area contributed by atoms with Gasteiger partial charge in [0, 0.05) is 51.0 Å². The van der Waals surface area contributed by atoms with E-state index in [0.29, 0.717) is 11.9 Å². The average Bonchev–Trinajstić information content (AvgIpc) is 2.62. The van der Waals surface area contributed by atoms with E-state index in [2.05, 4.69) is 43.9 Å². The van der Waals surface area contributed by atoms with Crippen LogP contribution in [0.5, 0.6) is 0 Å². The van der Waals surface area contributed by atoms with Gasteiger partial charge in [-0.05, 0) is 19.1 Å². The van der Waals surface area contributed by atoms with Gasteiger partial charge in [-0.2, -0.15) is 4.98 Å². The van der Waals surface area contributed by atoms with Crippen LogP contribution in [-0.2, 0) is 0 Å². The van der Waals surface area contributed by atoms with Crippen LogP contribution in [0.1, 0.15) is 32.5 Å². The maximum Gasteiger partial charge on any atom is 0.224 e. The standard InChI is InChI=1S/C17H25N7/c1-4-18-17-20-8-6-15(22-17)24-11-9-23(10-12-24)14-5-7-19-16(21-14)13(2)3/h5-8,13H,4,9-12H2,1-3H3,(H,18,20,22). The molecule has 0 bridgehead atoms. The largest absolute Gasteiger partial charge is 0.354 e. The second kappa shape index (κ2) is 7.42. The van der Waals surface area contributed by atoms with E-state index in [1.54, 1.807) is 0 Å². The summed E-state index contributed by atoms with van der Waals surface area (Å²) in [6, 6.07) is 3.97. The molecule has 1 aliphatic heterocycles. The molecule has 0 spiro atoms. The van der Waals surface area contributed by atoms with Gasteiger partial charge in [-0.15, -0.1) is 0 Å². The average molecular weight is 327 g/mol. The Morgan fingerprint density at radius 3 is 2.12 bits per heavy atom. The highest BCUT2D eigenvalue weighted by Crippen LogP contribution is 2.19. The van der Waals surface area contributed by atoms with E-state index >= 15 is 0 Å². The maximum absolute atomic E-state index is 4.69. The summed E-state index contributed by atoms with van der Waals surface area (Å²) in [5.74, 6) is 3.93. The monoisotopic (exact) mass is 327 g/mol. The predicted molar refractivity (Wildman–Crippen MR) is 96.7 cm³/mol. The molecule has 1 saturated heterocycles. The number of nitrogens with zero attached hydrogens (tertiary/aromatic N) is 6. The van der Waals surface area contributed by atoms with E-state index in [1.807, 2.05) is 31.5 Å². The number of hydrogen-bond acceptors (Lipinski definition) is 7. The zero-order valence-electron chi connectivity index (χ0n) is 14.6. The van der Waals surface area contributed by atoms with Crippen molar-refractivity contribution in [1.82, 2.24) is 19.9 Å². The fourth-order valence-corrected chi connectivity index (χ4v) is 2.75. The van der Waals surface area contributed by atoms with Crippen molar-refractivity contribution >= 4 is 17.6 Å². The second-order valence-electron chi connectivity index (χ2n) is 6.17. The van der Waals surface area contributed by atoms with Crippen LogP contribution in [0.15, 0.2) is 24.5 Å². The molecule has 2 aromatic heterocycles. The van der Waals surface area contributed by atoms with Gasteiger partial charge in [0.15, 0.2) is 0 Å². The first-order valence-corrected chi connectivity index (χ1v) is 8.57. The summed E-state index contributed by atoms with van der Waals surface area (Å²) in [7, 11) is 0. The Balaban J connectivity index is 1.65. The summed E-state index contributed by atoms with van der Waals surface area (Å²) < 4.78 is 0. The Kier molecular flexibility index (Phi) is 5.08. The molecule has 1 aliphatic rings. The Morgan fingerprint density at radius 1 is 0.958 bits per heavy atom. The first-order chi connectivity index (χ1) is 11.7. The summed E-state index contributed by atoms with van der Waals surface area (Å²) >= 11 is 0. The molecular formula is C17H25N7. The number of aromatic nitrogens is 4. The van der Waals surface area contributed by atoms with Gasteiger partial charge in [-0.25, -0.2) is 15.0 Å². The maximum atomic E-state index is 4.69. The number of rotatable bonds is 5. The van der Waals surface area contributed by atoms with Crippen molar-refractivity contribution in [1.29, 1.82) is 0 Å². The molecule has 1 N–H and O–H groups in total. The topological polar surface area (TPSA) is 70.1 Å². The molecule has 0 unspecified atom stereocenters. The van der Waals surface area contributed by atoms with Crippen LogP contribution in [-0.4, -0.2) is 52.7 Å². The van der Waals surface area contributed by atoms with Gasteiger partial charge < -0.3 is 15.1 Å². The number of hydrogen-bond donors (Lipinski definition) is 1. The SMILES string of the molecule is CCNc1nccc(N2CCN(c3ccnc(C(C)C)n3)CC2)n1. The lowest BCUT2D eigenvalue weighted by Crippen LogP contribution is -2.47. The Bertz CT molecular complexity index is 665. The molecule has 0 saturated carbocycles. The van der Waals surface area contributed by atoms with E-state index in [0.717, 1.165) is 50.2 Å². The van der Waals surface area contributed by atoms with E-state index in [9.17, 15) is 0 Å². The highest BCUT2D eigenvalue weighted by Gasteiger charge is 2.20. The molecule has 3 heterocycles. The molecule has 0 aromatic carbocycles. The highest BCUT2D eigenvalue weighted by molar-refractivity contribution is 5.46. The first-order valence-electron chi connectivity index (χ1n) is 8.57. The molecule has 1 fully saturated rings. The molecule has 2 aromatic rings. The second-order valence-corrected chi connectivity index (χ2v) is 6.17. The van der Waals surface area contributed by atoms with Crippen LogP contribution >= 0.6 is 0 Å². The Labute approximate surface area is 143 Å². The van der Waals surface area contributed by atoms with Gasteiger partial charge in [0.05, 0.1) is 0 Å². The lowest BCUT2D eigenvalue weighted by molar-refractivity contribution is 0.636. The van der Waals surface area contributed by atoms with Crippen LogP contribution in [0.25, 0.3) is 0 Å². The molecule has 24 heavy (non-hydrogen) atoms. The lowest BCUT2D eigenvalue weighted by atomic mass is 10.2. The van der Waals surface area contributed by atoms with Crippen molar-refractivity contribution in [2.75, 3.05) is 47.8 Å². The van der Waals surface area contributed by atoms with Crippen molar-refractivity contribution < 1.29 is 0 Å². The van der Waals surface area contributed by atoms with Crippen LogP contribution in [0.3, 0.4) is 0 Å². The zero-order chi connectivity index (χ0) is 16.9. The molecular weight excluding hydrogens is 302 g/mol. The van der Waals surface area contributed by atoms with E-state index < -0.39 is 0 Å². The Morgan fingerprint density at radius 2 is 1.54 bits per heavy atom. The molecule has 7 heteroatoms. The summed E-state index contributed by atoms with van der Waals surface area (Å²) in [5.41, 5.74) is 0. The summed E-state index contributed by atoms with van der Waals surface area (Å²) in [6.07, 6.45) is 3.67. The molecule has 0 aliphatic carbocycles. The molecule has 3 rings (SSSR count). The van der Waals surface area contributed by atoms with Crippen molar-refractivity contribution in [3.05, 3.63) is 30.4 Å². The van der Waals surface area contributed by atoms with Crippen molar-refractivity contribution in [2.45, 2.75) is 26.7 Å².